The topological polar surface area (TPSA) is 76.1 Å². The second-order valence-electron chi connectivity index (χ2n) is 4.49. The number of hydrogen-bond acceptors (Lipinski definition) is 5. The fourth-order valence-electron chi connectivity index (χ4n) is 2.13. The molecule has 0 amide bonds. The summed E-state index contributed by atoms with van der Waals surface area (Å²) in [5, 5.41) is 13.7. The summed E-state index contributed by atoms with van der Waals surface area (Å²) >= 11 is 0. The van der Waals surface area contributed by atoms with Crippen molar-refractivity contribution in [3.05, 3.63) is 48.0 Å². The number of nitrogens with zero attached hydrogens (tertiary/aromatic N) is 5. The van der Waals surface area contributed by atoms with E-state index < -0.39 is 0 Å². The molecule has 0 fully saturated rings. The van der Waals surface area contributed by atoms with Crippen molar-refractivity contribution in [2.45, 2.75) is 6.42 Å². The second kappa shape index (κ2) is 5.69. The van der Waals surface area contributed by atoms with Crippen molar-refractivity contribution in [2.24, 2.45) is 0 Å². The lowest BCUT2D eigenvalue weighted by Gasteiger charge is -2.04. The quantitative estimate of drug-likeness (QED) is 0.728. The van der Waals surface area contributed by atoms with E-state index in [-0.39, 0.29) is 0 Å². The summed E-state index contributed by atoms with van der Waals surface area (Å²) in [5.41, 5.74) is 2.92. The molecule has 6 nitrogen and oxygen atoms in total. The van der Waals surface area contributed by atoms with Crippen LogP contribution in [0.2, 0.25) is 0 Å². The van der Waals surface area contributed by atoms with E-state index in [1.807, 2.05) is 18.2 Å². The average Bonchev–Trinajstić information content (AvgIpc) is 2.96. The Morgan fingerprint density at radius 3 is 2.76 bits per heavy atom. The van der Waals surface area contributed by atoms with Gasteiger partial charge < -0.3 is 4.74 Å². The maximum atomic E-state index is 9.22. The van der Waals surface area contributed by atoms with E-state index in [0.29, 0.717) is 30.1 Å². The minimum absolute atomic E-state index is 0.504. The Labute approximate surface area is 121 Å². The lowest BCUT2D eigenvalue weighted by molar-refractivity contribution is 0.200. The molecular formula is C15H13N5O. The van der Waals surface area contributed by atoms with Gasteiger partial charge >= 0.3 is 0 Å². The lowest BCUT2D eigenvalue weighted by Crippen LogP contribution is -1.98. The molecule has 3 aromatic rings. The van der Waals surface area contributed by atoms with Crippen LogP contribution < -0.4 is 0 Å². The molecule has 0 radical (unpaired) electrons. The smallest absolute Gasteiger partial charge is 0.174 e. The molecule has 0 spiro atoms. The van der Waals surface area contributed by atoms with Crippen LogP contribution in [0.15, 0.2) is 36.7 Å². The molecule has 0 atom stereocenters. The first-order valence-corrected chi connectivity index (χ1v) is 6.51. The van der Waals surface area contributed by atoms with Crippen molar-refractivity contribution in [3.63, 3.8) is 0 Å². The molecule has 104 valence electrons. The highest BCUT2D eigenvalue weighted by atomic mass is 16.5. The van der Waals surface area contributed by atoms with Crippen molar-refractivity contribution in [1.82, 2.24) is 19.6 Å². The van der Waals surface area contributed by atoms with Crippen molar-refractivity contribution in [2.75, 3.05) is 13.7 Å². The highest BCUT2D eigenvalue weighted by Crippen LogP contribution is 2.21. The molecule has 0 aliphatic carbocycles. The number of hydrogen-bond donors (Lipinski definition) is 0. The number of ether oxygens (including phenoxy) is 1. The molecule has 6 heteroatoms. The Hall–Kier alpha value is -2.78. The van der Waals surface area contributed by atoms with Gasteiger partial charge in [0, 0.05) is 31.5 Å². The van der Waals surface area contributed by atoms with Gasteiger partial charge in [0.1, 0.15) is 6.07 Å². The molecule has 3 aromatic heterocycles. The largest absolute Gasteiger partial charge is 0.384 e. The predicted molar refractivity (Wildman–Crippen MR) is 76.5 cm³/mol. The highest BCUT2D eigenvalue weighted by Gasteiger charge is 2.12. The molecule has 0 aliphatic rings. The molecule has 0 N–H and O–H groups in total. The minimum Gasteiger partial charge on any atom is -0.384 e. The second-order valence-corrected chi connectivity index (χ2v) is 4.49. The van der Waals surface area contributed by atoms with Crippen molar-refractivity contribution in [3.8, 4) is 17.3 Å². The van der Waals surface area contributed by atoms with E-state index in [2.05, 4.69) is 21.1 Å². The fourth-order valence-corrected chi connectivity index (χ4v) is 2.13. The molecular weight excluding hydrogens is 266 g/mol. The van der Waals surface area contributed by atoms with Crippen LogP contribution in [-0.2, 0) is 11.2 Å². The summed E-state index contributed by atoms with van der Waals surface area (Å²) in [4.78, 5) is 8.46. The van der Waals surface area contributed by atoms with E-state index in [4.69, 9.17) is 4.74 Å². The zero-order chi connectivity index (χ0) is 14.7. The van der Waals surface area contributed by atoms with Crippen molar-refractivity contribution < 1.29 is 4.74 Å². The summed E-state index contributed by atoms with van der Waals surface area (Å²) in [6.07, 6.45) is 4.06. The SMILES string of the molecule is COCCc1nc2c(C#N)ccc(-c3ccncc3)n2n1. The molecule has 3 rings (SSSR count). The fraction of sp³-hybridized carbons (Fsp3) is 0.200. The molecule has 0 aliphatic heterocycles. The third kappa shape index (κ3) is 2.47. The van der Waals surface area contributed by atoms with E-state index in [1.165, 1.54) is 0 Å². The Morgan fingerprint density at radius 2 is 2.05 bits per heavy atom. The Kier molecular flexibility index (Phi) is 3.58. The van der Waals surface area contributed by atoms with E-state index in [9.17, 15) is 5.26 Å². The van der Waals surface area contributed by atoms with Gasteiger partial charge in [0.25, 0.3) is 0 Å². The first kappa shape index (κ1) is 13.2. The van der Waals surface area contributed by atoms with Crippen LogP contribution in [0.25, 0.3) is 16.9 Å². The van der Waals surface area contributed by atoms with Gasteiger partial charge in [-0.1, -0.05) is 0 Å². The van der Waals surface area contributed by atoms with Crippen LogP contribution in [0.5, 0.6) is 0 Å². The maximum absolute atomic E-state index is 9.22. The molecule has 0 unspecified atom stereocenters. The molecule has 21 heavy (non-hydrogen) atoms. The first-order chi connectivity index (χ1) is 10.3. The van der Waals surface area contributed by atoms with Crippen LogP contribution in [0.1, 0.15) is 11.4 Å². The number of nitriles is 1. The van der Waals surface area contributed by atoms with Gasteiger partial charge in [-0.2, -0.15) is 10.4 Å². The molecule has 0 bridgehead atoms. The zero-order valence-electron chi connectivity index (χ0n) is 11.5. The lowest BCUT2D eigenvalue weighted by atomic mass is 10.1. The van der Waals surface area contributed by atoms with Crippen LogP contribution in [-0.4, -0.2) is 33.3 Å². The number of fused-ring (bicyclic) bond motifs is 1. The maximum Gasteiger partial charge on any atom is 0.174 e. The first-order valence-electron chi connectivity index (χ1n) is 6.51. The third-order valence-electron chi connectivity index (χ3n) is 3.15. The standard InChI is InChI=1S/C15H13N5O/c1-21-9-6-14-18-15-12(10-16)2-3-13(20(15)19-14)11-4-7-17-8-5-11/h2-5,7-8H,6,9H2,1H3. The molecule has 0 saturated heterocycles. The van der Waals surface area contributed by atoms with Gasteiger partial charge in [-0.3, -0.25) is 4.98 Å². The highest BCUT2D eigenvalue weighted by molar-refractivity contribution is 5.66. The summed E-state index contributed by atoms with van der Waals surface area (Å²) in [7, 11) is 1.64. The monoisotopic (exact) mass is 279 g/mol. The van der Waals surface area contributed by atoms with Crippen molar-refractivity contribution >= 4 is 5.65 Å². The Morgan fingerprint density at radius 1 is 1.24 bits per heavy atom. The minimum atomic E-state index is 0.504. The van der Waals surface area contributed by atoms with Crippen LogP contribution in [0.3, 0.4) is 0 Å². The van der Waals surface area contributed by atoms with Crippen LogP contribution >= 0.6 is 0 Å². The Balaban J connectivity index is 2.18. The van der Waals surface area contributed by atoms with Crippen LogP contribution in [0.4, 0.5) is 0 Å². The van der Waals surface area contributed by atoms with Gasteiger partial charge in [0.05, 0.1) is 17.9 Å². The average molecular weight is 279 g/mol. The van der Waals surface area contributed by atoms with Gasteiger partial charge in [-0.05, 0) is 24.3 Å². The van der Waals surface area contributed by atoms with E-state index in [0.717, 1.165) is 11.3 Å². The third-order valence-corrected chi connectivity index (χ3v) is 3.15. The van der Waals surface area contributed by atoms with Gasteiger partial charge in [0.15, 0.2) is 11.5 Å². The predicted octanol–water partition coefficient (Wildman–Crippen LogP) is 1.85. The summed E-state index contributed by atoms with van der Waals surface area (Å²) < 4.78 is 6.76. The molecule has 0 saturated carbocycles. The summed E-state index contributed by atoms with van der Waals surface area (Å²) in [6, 6.07) is 9.59. The number of aromatic nitrogens is 4. The van der Waals surface area contributed by atoms with Crippen LogP contribution in [0, 0.1) is 11.3 Å². The number of methoxy groups -OCH3 is 1. The van der Waals surface area contributed by atoms with Gasteiger partial charge in [0.2, 0.25) is 0 Å². The number of pyridine rings is 2. The zero-order valence-corrected chi connectivity index (χ0v) is 11.5. The summed E-state index contributed by atoms with van der Waals surface area (Å²) in [5.74, 6) is 0.662. The van der Waals surface area contributed by atoms with Gasteiger partial charge in [-0.25, -0.2) is 9.50 Å². The van der Waals surface area contributed by atoms with E-state index in [1.54, 1.807) is 30.1 Å². The van der Waals surface area contributed by atoms with E-state index >= 15 is 0 Å². The molecule has 3 heterocycles. The normalized spacial score (nSPS) is 10.7. The van der Waals surface area contributed by atoms with Crippen molar-refractivity contribution in [1.29, 1.82) is 5.26 Å². The molecule has 0 aromatic carbocycles. The van der Waals surface area contributed by atoms with Gasteiger partial charge in [-0.15, -0.1) is 0 Å². The summed E-state index contributed by atoms with van der Waals surface area (Å²) in [6.45, 7) is 0.545. The number of rotatable bonds is 4. The Bertz CT molecular complexity index is 804.